The Hall–Kier alpha value is -1.39. The van der Waals surface area contributed by atoms with Gasteiger partial charge in [-0.15, -0.1) is 0 Å². The summed E-state index contributed by atoms with van der Waals surface area (Å²) in [5, 5.41) is 12.7. The number of rotatable bonds is 3. The van der Waals surface area contributed by atoms with E-state index >= 15 is 0 Å². The molecule has 0 saturated carbocycles. The summed E-state index contributed by atoms with van der Waals surface area (Å²) in [5.74, 6) is 0.233. The van der Waals surface area contributed by atoms with Crippen molar-refractivity contribution in [3.63, 3.8) is 0 Å². The highest BCUT2D eigenvalue weighted by atomic mass is 16.3. The molecule has 1 amide bonds. The van der Waals surface area contributed by atoms with Gasteiger partial charge >= 0.3 is 0 Å². The van der Waals surface area contributed by atoms with Crippen molar-refractivity contribution in [2.24, 2.45) is 5.92 Å². The second-order valence-corrected chi connectivity index (χ2v) is 5.50. The molecular formula is C15H22N2O2. The number of carbonyl (C=O) groups excluding carboxylic acids is 1. The highest BCUT2D eigenvalue weighted by molar-refractivity contribution is 5.82. The van der Waals surface area contributed by atoms with Gasteiger partial charge in [-0.2, -0.15) is 0 Å². The van der Waals surface area contributed by atoms with Crippen molar-refractivity contribution in [3.8, 4) is 0 Å². The van der Waals surface area contributed by atoms with Crippen molar-refractivity contribution >= 4 is 5.91 Å². The highest BCUT2D eigenvalue weighted by Crippen LogP contribution is 2.17. The lowest BCUT2D eigenvalue weighted by molar-refractivity contribution is -0.127. The van der Waals surface area contributed by atoms with Crippen LogP contribution in [0.5, 0.6) is 0 Å². The predicted molar refractivity (Wildman–Crippen MR) is 74.5 cm³/mol. The Labute approximate surface area is 114 Å². The number of carbonyl (C=O) groups is 1. The predicted octanol–water partition coefficient (Wildman–Crippen LogP) is 1.00. The molecule has 1 aliphatic rings. The van der Waals surface area contributed by atoms with Gasteiger partial charge in [0, 0.05) is 19.6 Å². The van der Waals surface area contributed by atoms with E-state index in [4.69, 9.17) is 0 Å². The third-order valence-corrected chi connectivity index (χ3v) is 3.48. The molecule has 2 N–H and O–H groups in total. The summed E-state index contributed by atoms with van der Waals surface area (Å²) in [4.78, 5) is 14.2. The lowest BCUT2D eigenvalue weighted by Crippen LogP contribution is -2.47. The van der Waals surface area contributed by atoms with Crippen molar-refractivity contribution < 1.29 is 9.90 Å². The van der Waals surface area contributed by atoms with E-state index in [0.29, 0.717) is 19.6 Å². The molecule has 104 valence electrons. The number of aliphatic hydroxyl groups excluding tert-OH is 1. The zero-order chi connectivity index (χ0) is 13.8. The Morgan fingerprint density at radius 2 is 2.05 bits per heavy atom. The van der Waals surface area contributed by atoms with E-state index < -0.39 is 6.10 Å². The van der Waals surface area contributed by atoms with Crippen molar-refractivity contribution in [3.05, 3.63) is 35.9 Å². The van der Waals surface area contributed by atoms with Crippen LogP contribution in [0.4, 0.5) is 0 Å². The minimum absolute atomic E-state index is 0.0162. The first kappa shape index (κ1) is 14.0. The maximum atomic E-state index is 12.1. The van der Waals surface area contributed by atoms with Gasteiger partial charge in [0.05, 0.1) is 12.1 Å². The molecule has 1 aromatic carbocycles. The molecule has 1 saturated heterocycles. The first-order valence-corrected chi connectivity index (χ1v) is 6.81. The zero-order valence-electron chi connectivity index (χ0n) is 11.5. The molecule has 2 rings (SSSR count). The van der Waals surface area contributed by atoms with Crippen LogP contribution in [0.25, 0.3) is 0 Å². The minimum Gasteiger partial charge on any atom is -0.390 e. The second kappa shape index (κ2) is 6.17. The summed E-state index contributed by atoms with van der Waals surface area (Å²) in [6.07, 6.45) is -0.503. The van der Waals surface area contributed by atoms with Crippen LogP contribution in [0.2, 0.25) is 0 Å². The van der Waals surface area contributed by atoms with Crippen LogP contribution < -0.4 is 5.32 Å². The number of hydrogen-bond acceptors (Lipinski definition) is 3. The summed E-state index contributed by atoms with van der Waals surface area (Å²) < 4.78 is 0. The number of nitrogens with zero attached hydrogens (tertiary/aromatic N) is 1. The van der Waals surface area contributed by atoms with Gasteiger partial charge in [0.15, 0.2) is 0 Å². The fourth-order valence-electron chi connectivity index (χ4n) is 2.64. The standard InChI is InChI=1S/C15H22N2O2/c1-11(2)14-15(19)16-8-13(18)10-17(14)9-12-6-4-3-5-7-12/h3-7,11,13-14,18H,8-10H2,1-2H3,(H,16,19)/t13-,14?/m1/s1. The van der Waals surface area contributed by atoms with Gasteiger partial charge in [0.25, 0.3) is 0 Å². The number of β-amino-alcohol motifs (C(OH)–C–C–N with tert-alkyl or cyclic N) is 1. The van der Waals surface area contributed by atoms with Crippen LogP contribution in [0, 0.1) is 5.92 Å². The number of nitrogens with one attached hydrogen (secondary N) is 1. The van der Waals surface area contributed by atoms with E-state index in [2.05, 4.69) is 10.2 Å². The van der Waals surface area contributed by atoms with Gasteiger partial charge in [-0.3, -0.25) is 9.69 Å². The molecule has 1 fully saturated rings. The summed E-state index contributed by atoms with van der Waals surface area (Å²) in [6.45, 7) is 5.64. The third-order valence-electron chi connectivity index (χ3n) is 3.48. The monoisotopic (exact) mass is 262 g/mol. The fourth-order valence-corrected chi connectivity index (χ4v) is 2.64. The molecule has 1 aliphatic heterocycles. The van der Waals surface area contributed by atoms with E-state index in [1.807, 2.05) is 44.2 Å². The number of amides is 1. The second-order valence-electron chi connectivity index (χ2n) is 5.50. The first-order chi connectivity index (χ1) is 9.08. The van der Waals surface area contributed by atoms with E-state index in [-0.39, 0.29) is 17.9 Å². The van der Waals surface area contributed by atoms with Gasteiger partial charge in [-0.25, -0.2) is 0 Å². The molecule has 1 unspecified atom stereocenters. The molecule has 0 aliphatic carbocycles. The highest BCUT2D eigenvalue weighted by Gasteiger charge is 2.33. The average molecular weight is 262 g/mol. The zero-order valence-corrected chi connectivity index (χ0v) is 11.5. The quantitative estimate of drug-likeness (QED) is 0.854. The number of hydrogen-bond donors (Lipinski definition) is 2. The summed E-state index contributed by atoms with van der Waals surface area (Å²) in [5.41, 5.74) is 1.16. The summed E-state index contributed by atoms with van der Waals surface area (Å²) >= 11 is 0. The fraction of sp³-hybridized carbons (Fsp3) is 0.533. The minimum atomic E-state index is -0.503. The smallest absolute Gasteiger partial charge is 0.237 e. The van der Waals surface area contributed by atoms with Crippen LogP contribution >= 0.6 is 0 Å². The van der Waals surface area contributed by atoms with Crippen LogP contribution in [0.3, 0.4) is 0 Å². The van der Waals surface area contributed by atoms with Gasteiger partial charge in [-0.05, 0) is 11.5 Å². The third kappa shape index (κ3) is 3.55. The topological polar surface area (TPSA) is 52.6 Å². The van der Waals surface area contributed by atoms with Crippen LogP contribution in [0.1, 0.15) is 19.4 Å². The van der Waals surface area contributed by atoms with Crippen molar-refractivity contribution in [1.82, 2.24) is 10.2 Å². The normalized spacial score (nSPS) is 25.2. The molecule has 2 atom stereocenters. The van der Waals surface area contributed by atoms with E-state index in [9.17, 15) is 9.90 Å². The molecule has 19 heavy (non-hydrogen) atoms. The van der Waals surface area contributed by atoms with Gasteiger partial charge in [-0.1, -0.05) is 44.2 Å². The maximum Gasteiger partial charge on any atom is 0.237 e. The number of aliphatic hydroxyl groups is 1. The van der Waals surface area contributed by atoms with E-state index in [1.54, 1.807) is 0 Å². The molecule has 1 aromatic rings. The molecule has 0 aromatic heterocycles. The maximum absolute atomic E-state index is 12.1. The van der Waals surface area contributed by atoms with Gasteiger partial charge in [0.1, 0.15) is 0 Å². The molecule has 0 radical (unpaired) electrons. The SMILES string of the molecule is CC(C)C1C(=O)NC[C@@H](O)CN1Cc1ccccc1. The van der Waals surface area contributed by atoms with E-state index in [0.717, 1.165) is 5.56 Å². The van der Waals surface area contributed by atoms with Gasteiger partial charge < -0.3 is 10.4 Å². The molecule has 0 bridgehead atoms. The molecule has 4 nitrogen and oxygen atoms in total. The van der Waals surface area contributed by atoms with Gasteiger partial charge in [0.2, 0.25) is 5.91 Å². The first-order valence-electron chi connectivity index (χ1n) is 6.81. The average Bonchev–Trinajstić information content (AvgIpc) is 2.50. The largest absolute Gasteiger partial charge is 0.390 e. The lowest BCUT2D eigenvalue weighted by Gasteiger charge is -2.31. The van der Waals surface area contributed by atoms with Crippen LogP contribution in [0.15, 0.2) is 30.3 Å². The van der Waals surface area contributed by atoms with E-state index in [1.165, 1.54) is 0 Å². The molecular weight excluding hydrogens is 240 g/mol. The van der Waals surface area contributed by atoms with Crippen molar-refractivity contribution in [2.45, 2.75) is 32.5 Å². The summed E-state index contributed by atoms with van der Waals surface area (Å²) in [7, 11) is 0. The Morgan fingerprint density at radius 3 is 2.68 bits per heavy atom. The van der Waals surface area contributed by atoms with Crippen LogP contribution in [-0.2, 0) is 11.3 Å². The Bertz CT molecular complexity index is 419. The number of benzene rings is 1. The summed E-state index contributed by atoms with van der Waals surface area (Å²) in [6, 6.07) is 9.88. The Morgan fingerprint density at radius 1 is 1.37 bits per heavy atom. The molecule has 4 heteroatoms. The van der Waals surface area contributed by atoms with Crippen molar-refractivity contribution in [2.75, 3.05) is 13.1 Å². The molecule has 0 spiro atoms. The Kier molecular flexibility index (Phi) is 4.56. The Balaban J connectivity index is 2.19. The van der Waals surface area contributed by atoms with Crippen LogP contribution in [-0.4, -0.2) is 41.1 Å². The van der Waals surface area contributed by atoms with Crippen molar-refractivity contribution in [1.29, 1.82) is 0 Å². The molecule has 1 heterocycles. The lowest BCUT2D eigenvalue weighted by atomic mass is 10.0.